The zero-order chi connectivity index (χ0) is 20.3. The molecule has 2 heterocycles. The summed E-state index contributed by atoms with van der Waals surface area (Å²) < 4.78 is 26.1. The van der Waals surface area contributed by atoms with E-state index in [1.807, 2.05) is 31.2 Å². The number of carbonyl (C=O) groups is 1. The number of nitrogens with zero attached hydrogens (tertiary/aromatic N) is 3. The average molecular weight is 403 g/mol. The van der Waals surface area contributed by atoms with Crippen LogP contribution in [0.4, 0.5) is 11.5 Å². The summed E-state index contributed by atoms with van der Waals surface area (Å²) in [6.07, 6.45) is 1.62. The van der Waals surface area contributed by atoms with Gasteiger partial charge in [0, 0.05) is 31.7 Å². The predicted molar refractivity (Wildman–Crippen MR) is 111 cm³/mol. The molecule has 0 atom stereocenters. The van der Waals surface area contributed by atoms with Gasteiger partial charge in [-0.25, -0.2) is 13.4 Å². The second-order valence-corrected chi connectivity index (χ2v) is 9.69. The Morgan fingerprint density at radius 1 is 1.04 bits per heavy atom. The lowest BCUT2D eigenvalue weighted by Crippen LogP contribution is -2.50. The third-order valence-electron chi connectivity index (χ3n) is 4.84. The Balaban J connectivity index is 1.59. The topological polar surface area (TPSA) is 82.6 Å². The van der Waals surface area contributed by atoms with Gasteiger partial charge in [-0.15, -0.1) is 0 Å². The van der Waals surface area contributed by atoms with E-state index in [0.717, 1.165) is 11.4 Å². The van der Waals surface area contributed by atoms with E-state index in [0.29, 0.717) is 37.4 Å². The van der Waals surface area contributed by atoms with E-state index in [1.54, 1.807) is 36.5 Å². The van der Waals surface area contributed by atoms with Crippen molar-refractivity contribution >= 4 is 27.4 Å². The third-order valence-corrected chi connectivity index (χ3v) is 7.11. The number of hydrogen-bond acceptors (Lipinski definition) is 5. The van der Waals surface area contributed by atoms with Crippen molar-refractivity contribution in [2.24, 2.45) is 0 Å². The molecule has 1 fully saturated rings. The van der Waals surface area contributed by atoms with Gasteiger partial charge in [0.1, 0.15) is 5.82 Å². The Kier molecular flexibility index (Phi) is 6.00. The fourth-order valence-electron chi connectivity index (χ4n) is 3.03. The van der Waals surface area contributed by atoms with Gasteiger partial charge in [0.25, 0.3) is 5.91 Å². The van der Waals surface area contributed by atoms with Gasteiger partial charge in [0.15, 0.2) is 0 Å². The van der Waals surface area contributed by atoms with E-state index in [2.05, 4.69) is 15.2 Å². The maximum absolute atomic E-state index is 12.3. The van der Waals surface area contributed by atoms with Crippen molar-refractivity contribution in [3.8, 4) is 0 Å². The Hall–Kier alpha value is -2.45. The van der Waals surface area contributed by atoms with Crippen LogP contribution in [0.1, 0.15) is 29.8 Å². The lowest BCUT2D eigenvalue weighted by atomic mass is 10.1. The first kappa shape index (κ1) is 20.3. The number of piperazine rings is 1. The third kappa shape index (κ3) is 4.51. The van der Waals surface area contributed by atoms with E-state index in [9.17, 15) is 13.2 Å². The van der Waals surface area contributed by atoms with Crippen molar-refractivity contribution in [2.75, 3.05) is 36.4 Å². The van der Waals surface area contributed by atoms with E-state index in [4.69, 9.17) is 0 Å². The molecule has 1 aromatic carbocycles. The monoisotopic (exact) mass is 402 g/mol. The standard InChI is InChI=1S/C20H26N4O3S/c1-15(2)28(26,27)24-12-10-23(11-13-24)19-9-8-18(14-21-19)22-20(25)17-6-4-16(3)5-7-17/h4-9,14-15H,10-13H2,1-3H3,(H,22,25). The van der Waals surface area contributed by atoms with Crippen LogP contribution < -0.4 is 10.2 Å². The average Bonchev–Trinajstić information content (AvgIpc) is 2.69. The molecule has 2 aromatic rings. The summed E-state index contributed by atoms with van der Waals surface area (Å²) in [5.74, 6) is 0.594. The van der Waals surface area contributed by atoms with Crippen LogP contribution in [0, 0.1) is 6.92 Å². The van der Waals surface area contributed by atoms with Crippen molar-refractivity contribution in [3.05, 3.63) is 53.7 Å². The number of aromatic nitrogens is 1. The number of amides is 1. The van der Waals surface area contributed by atoms with E-state index in [-0.39, 0.29) is 5.91 Å². The number of pyridine rings is 1. The van der Waals surface area contributed by atoms with Crippen LogP contribution in [0.25, 0.3) is 0 Å². The summed E-state index contributed by atoms with van der Waals surface area (Å²) in [5, 5.41) is 2.43. The van der Waals surface area contributed by atoms with Crippen LogP contribution >= 0.6 is 0 Å². The first-order chi connectivity index (χ1) is 13.3. The van der Waals surface area contributed by atoms with E-state index in [1.165, 1.54) is 0 Å². The first-order valence-corrected chi connectivity index (χ1v) is 10.9. The zero-order valence-electron chi connectivity index (χ0n) is 16.4. The fourth-order valence-corrected chi connectivity index (χ4v) is 4.29. The number of rotatable bonds is 5. The summed E-state index contributed by atoms with van der Waals surface area (Å²) >= 11 is 0. The van der Waals surface area contributed by atoms with Crippen molar-refractivity contribution in [2.45, 2.75) is 26.0 Å². The molecule has 0 bridgehead atoms. The van der Waals surface area contributed by atoms with Gasteiger partial charge in [-0.2, -0.15) is 4.31 Å². The first-order valence-electron chi connectivity index (χ1n) is 9.35. The Morgan fingerprint density at radius 2 is 1.68 bits per heavy atom. The molecule has 0 unspecified atom stereocenters. The quantitative estimate of drug-likeness (QED) is 0.831. The molecule has 0 radical (unpaired) electrons. The lowest BCUT2D eigenvalue weighted by Gasteiger charge is -2.35. The van der Waals surface area contributed by atoms with Crippen molar-refractivity contribution < 1.29 is 13.2 Å². The molecule has 1 N–H and O–H groups in total. The van der Waals surface area contributed by atoms with Gasteiger partial charge >= 0.3 is 0 Å². The van der Waals surface area contributed by atoms with Crippen LogP contribution in [-0.4, -0.2) is 55.0 Å². The SMILES string of the molecule is Cc1ccc(C(=O)Nc2ccc(N3CCN(S(=O)(=O)C(C)C)CC3)nc2)cc1. The molecule has 150 valence electrons. The predicted octanol–water partition coefficient (Wildman–Crippen LogP) is 2.50. The Morgan fingerprint density at radius 3 is 2.21 bits per heavy atom. The maximum atomic E-state index is 12.3. The molecule has 1 aliphatic rings. The van der Waals surface area contributed by atoms with Gasteiger partial charge in [0.2, 0.25) is 10.0 Å². The van der Waals surface area contributed by atoms with E-state index < -0.39 is 15.3 Å². The molecule has 8 heteroatoms. The minimum absolute atomic E-state index is 0.179. The van der Waals surface area contributed by atoms with Crippen molar-refractivity contribution in [3.63, 3.8) is 0 Å². The van der Waals surface area contributed by atoms with Gasteiger partial charge < -0.3 is 10.2 Å². The molecule has 1 saturated heterocycles. The highest BCUT2D eigenvalue weighted by molar-refractivity contribution is 7.89. The van der Waals surface area contributed by atoms with Crippen LogP contribution in [0.5, 0.6) is 0 Å². The summed E-state index contributed by atoms with van der Waals surface area (Å²) in [4.78, 5) is 18.8. The molecule has 1 amide bonds. The van der Waals surface area contributed by atoms with Crippen LogP contribution in [0.3, 0.4) is 0 Å². The number of nitrogens with one attached hydrogen (secondary N) is 1. The van der Waals surface area contributed by atoms with Gasteiger partial charge in [0.05, 0.1) is 17.1 Å². The number of carbonyl (C=O) groups excluding carboxylic acids is 1. The lowest BCUT2D eigenvalue weighted by molar-refractivity contribution is 0.102. The van der Waals surface area contributed by atoms with Crippen LogP contribution in [-0.2, 0) is 10.0 Å². The zero-order valence-corrected chi connectivity index (χ0v) is 17.2. The van der Waals surface area contributed by atoms with Crippen LogP contribution in [0.15, 0.2) is 42.6 Å². The van der Waals surface area contributed by atoms with Crippen molar-refractivity contribution in [1.29, 1.82) is 0 Å². The Bertz CT molecular complexity index is 917. The number of aryl methyl sites for hydroxylation is 1. The molecule has 1 aliphatic heterocycles. The molecule has 0 saturated carbocycles. The second-order valence-electron chi connectivity index (χ2n) is 7.21. The molecular weight excluding hydrogens is 376 g/mol. The molecule has 0 spiro atoms. The van der Waals surface area contributed by atoms with Gasteiger partial charge in [-0.3, -0.25) is 4.79 Å². The van der Waals surface area contributed by atoms with Gasteiger partial charge in [-0.1, -0.05) is 17.7 Å². The summed E-state index contributed by atoms with van der Waals surface area (Å²) in [6.45, 7) is 7.46. The maximum Gasteiger partial charge on any atom is 0.255 e. The highest BCUT2D eigenvalue weighted by Crippen LogP contribution is 2.19. The molecule has 1 aromatic heterocycles. The van der Waals surface area contributed by atoms with Crippen molar-refractivity contribution in [1.82, 2.24) is 9.29 Å². The largest absolute Gasteiger partial charge is 0.354 e. The molecule has 28 heavy (non-hydrogen) atoms. The summed E-state index contributed by atoms with van der Waals surface area (Å²) in [5.41, 5.74) is 2.32. The fraction of sp³-hybridized carbons (Fsp3) is 0.400. The number of hydrogen-bond donors (Lipinski definition) is 1. The minimum atomic E-state index is -3.22. The number of anilines is 2. The number of sulfonamides is 1. The highest BCUT2D eigenvalue weighted by atomic mass is 32.2. The minimum Gasteiger partial charge on any atom is -0.354 e. The number of benzene rings is 1. The van der Waals surface area contributed by atoms with E-state index >= 15 is 0 Å². The Labute approximate surface area is 166 Å². The highest BCUT2D eigenvalue weighted by Gasteiger charge is 2.29. The molecular formula is C20H26N4O3S. The molecule has 7 nitrogen and oxygen atoms in total. The molecule has 3 rings (SSSR count). The summed E-state index contributed by atoms with van der Waals surface area (Å²) in [7, 11) is -3.22. The summed E-state index contributed by atoms with van der Waals surface area (Å²) in [6, 6.07) is 11.0. The van der Waals surface area contributed by atoms with Gasteiger partial charge in [-0.05, 0) is 45.0 Å². The second kappa shape index (κ2) is 8.28. The van der Waals surface area contributed by atoms with Crippen LogP contribution in [0.2, 0.25) is 0 Å². The molecule has 0 aliphatic carbocycles. The normalized spacial score (nSPS) is 15.6. The smallest absolute Gasteiger partial charge is 0.255 e.